The Balaban J connectivity index is 2.16. The van der Waals surface area contributed by atoms with Crippen molar-refractivity contribution in [3.05, 3.63) is 29.0 Å². The summed E-state index contributed by atoms with van der Waals surface area (Å²) in [5.74, 6) is 0.742. The number of anilines is 2. The van der Waals surface area contributed by atoms with Crippen LogP contribution in [0.5, 0.6) is 0 Å². The van der Waals surface area contributed by atoms with Gasteiger partial charge in [0.05, 0.1) is 5.69 Å². The molecule has 4 nitrogen and oxygen atoms in total. The van der Waals surface area contributed by atoms with Crippen molar-refractivity contribution in [2.45, 2.75) is 9.92 Å². The van der Waals surface area contributed by atoms with Gasteiger partial charge in [0.1, 0.15) is 0 Å². The fourth-order valence-electron chi connectivity index (χ4n) is 1.48. The number of benzene rings is 1. The molecule has 1 aliphatic heterocycles. The number of aromatic nitrogens is 3. The summed E-state index contributed by atoms with van der Waals surface area (Å²) < 4.78 is 2.09. The highest BCUT2D eigenvalue weighted by Crippen LogP contribution is 2.41. The normalized spacial score (nSPS) is 12.6. The van der Waals surface area contributed by atoms with Crippen LogP contribution in [0.1, 0.15) is 0 Å². The van der Waals surface area contributed by atoms with E-state index in [-0.39, 0.29) is 0 Å². The molecule has 0 unspecified atom stereocenters. The Morgan fingerprint density at radius 3 is 3.06 bits per heavy atom. The maximum atomic E-state index is 5.08. The van der Waals surface area contributed by atoms with Crippen LogP contribution in [0, 0.1) is 4.77 Å². The summed E-state index contributed by atoms with van der Waals surface area (Å²) in [4.78, 5) is 5.45. The SMILES string of the molecule is Cn1nc2c(nc1=S)Nc1ccccc1S2. The second-order valence-electron chi connectivity index (χ2n) is 3.39. The number of hydrogen-bond acceptors (Lipinski definition) is 5. The van der Waals surface area contributed by atoms with Crippen LogP contribution >= 0.6 is 24.0 Å². The Kier molecular flexibility index (Phi) is 2.19. The third-order valence-corrected chi connectivity index (χ3v) is 3.67. The van der Waals surface area contributed by atoms with E-state index in [9.17, 15) is 0 Å². The number of para-hydroxylation sites is 1. The van der Waals surface area contributed by atoms with E-state index in [2.05, 4.69) is 21.5 Å². The van der Waals surface area contributed by atoms with Crippen LogP contribution in [0.15, 0.2) is 34.2 Å². The first kappa shape index (κ1) is 9.80. The van der Waals surface area contributed by atoms with Crippen molar-refractivity contribution >= 4 is 35.5 Å². The first-order valence-corrected chi connectivity index (χ1v) is 5.96. The quantitative estimate of drug-likeness (QED) is 0.620. The highest BCUT2D eigenvalue weighted by molar-refractivity contribution is 7.99. The standard InChI is InChI=1S/C10H8N4S2/c1-14-10(15)12-8-9(13-14)16-7-5-3-2-4-6(7)11-8/h2-5H,1H3,(H,11,12,15). The number of rotatable bonds is 0. The van der Waals surface area contributed by atoms with E-state index in [1.54, 1.807) is 23.5 Å². The molecule has 2 heterocycles. The van der Waals surface area contributed by atoms with Crippen LogP contribution in [0.25, 0.3) is 0 Å². The molecule has 2 aromatic rings. The van der Waals surface area contributed by atoms with Crippen molar-refractivity contribution in [1.82, 2.24) is 14.8 Å². The van der Waals surface area contributed by atoms with Gasteiger partial charge in [0.15, 0.2) is 10.8 Å². The number of nitrogens with zero attached hydrogens (tertiary/aromatic N) is 3. The second kappa shape index (κ2) is 3.57. The molecule has 0 spiro atoms. The van der Waals surface area contributed by atoms with Gasteiger partial charge >= 0.3 is 0 Å². The van der Waals surface area contributed by atoms with Crippen molar-refractivity contribution in [2.75, 3.05) is 5.32 Å². The lowest BCUT2D eigenvalue weighted by molar-refractivity contribution is 0.658. The third-order valence-electron chi connectivity index (χ3n) is 2.27. The molecule has 1 aromatic heterocycles. The van der Waals surface area contributed by atoms with E-state index in [0.29, 0.717) is 4.77 Å². The second-order valence-corrected chi connectivity index (χ2v) is 4.79. The van der Waals surface area contributed by atoms with Crippen molar-refractivity contribution in [3.8, 4) is 0 Å². The summed E-state index contributed by atoms with van der Waals surface area (Å²) in [5, 5.41) is 8.45. The van der Waals surface area contributed by atoms with Gasteiger partial charge in [-0.1, -0.05) is 23.9 Å². The molecule has 3 rings (SSSR count). The number of aryl methyl sites for hydroxylation is 1. The van der Waals surface area contributed by atoms with Crippen LogP contribution in [0.4, 0.5) is 11.5 Å². The van der Waals surface area contributed by atoms with Crippen LogP contribution in [0.3, 0.4) is 0 Å². The topological polar surface area (TPSA) is 42.7 Å². The summed E-state index contributed by atoms with van der Waals surface area (Å²) >= 11 is 6.68. The molecule has 0 saturated carbocycles. The summed E-state index contributed by atoms with van der Waals surface area (Å²) in [6.45, 7) is 0. The van der Waals surface area contributed by atoms with Gasteiger partial charge in [-0.3, -0.25) is 0 Å². The molecule has 0 radical (unpaired) electrons. The minimum atomic E-state index is 0.478. The molecule has 1 aliphatic rings. The predicted molar refractivity (Wildman–Crippen MR) is 65.7 cm³/mol. The molecule has 1 N–H and O–H groups in total. The van der Waals surface area contributed by atoms with Gasteiger partial charge in [0, 0.05) is 11.9 Å². The van der Waals surface area contributed by atoms with Crippen LogP contribution in [0.2, 0.25) is 0 Å². The van der Waals surface area contributed by atoms with Crippen molar-refractivity contribution in [1.29, 1.82) is 0 Å². The van der Waals surface area contributed by atoms with Gasteiger partial charge in [-0.2, -0.15) is 10.1 Å². The molecule has 1 aromatic carbocycles. The molecule has 0 atom stereocenters. The van der Waals surface area contributed by atoms with Crippen molar-refractivity contribution in [3.63, 3.8) is 0 Å². The minimum Gasteiger partial charge on any atom is -0.337 e. The zero-order chi connectivity index (χ0) is 11.1. The van der Waals surface area contributed by atoms with Gasteiger partial charge in [0.2, 0.25) is 4.77 Å². The lowest BCUT2D eigenvalue weighted by Gasteiger charge is -2.18. The van der Waals surface area contributed by atoms with E-state index in [0.717, 1.165) is 21.4 Å². The average Bonchev–Trinajstić information content (AvgIpc) is 2.28. The smallest absolute Gasteiger partial charge is 0.217 e. The molecular weight excluding hydrogens is 240 g/mol. The Labute approximate surface area is 102 Å². The van der Waals surface area contributed by atoms with Crippen molar-refractivity contribution in [2.24, 2.45) is 7.05 Å². The molecular formula is C10H8N4S2. The Hall–Kier alpha value is -1.40. The van der Waals surface area contributed by atoms with E-state index in [1.165, 1.54) is 0 Å². The van der Waals surface area contributed by atoms with Crippen LogP contribution < -0.4 is 5.32 Å². The zero-order valence-corrected chi connectivity index (χ0v) is 10.1. The summed E-state index contributed by atoms with van der Waals surface area (Å²) in [7, 11) is 1.80. The molecule has 80 valence electrons. The van der Waals surface area contributed by atoms with E-state index in [4.69, 9.17) is 12.2 Å². The highest BCUT2D eigenvalue weighted by Gasteiger charge is 2.18. The van der Waals surface area contributed by atoms with Gasteiger partial charge in [0.25, 0.3) is 0 Å². The van der Waals surface area contributed by atoms with Gasteiger partial charge in [-0.05, 0) is 24.4 Å². The molecule has 0 bridgehead atoms. The van der Waals surface area contributed by atoms with Gasteiger partial charge < -0.3 is 5.32 Å². The van der Waals surface area contributed by atoms with E-state index >= 15 is 0 Å². The minimum absolute atomic E-state index is 0.478. The van der Waals surface area contributed by atoms with Crippen LogP contribution in [-0.2, 0) is 7.05 Å². The highest BCUT2D eigenvalue weighted by atomic mass is 32.2. The van der Waals surface area contributed by atoms with Crippen LogP contribution in [-0.4, -0.2) is 14.8 Å². The van der Waals surface area contributed by atoms with Crippen molar-refractivity contribution < 1.29 is 0 Å². The Morgan fingerprint density at radius 2 is 2.19 bits per heavy atom. The molecule has 6 heteroatoms. The average molecular weight is 248 g/mol. The lowest BCUT2D eigenvalue weighted by atomic mass is 10.3. The number of fused-ring (bicyclic) bond motifs is 2. The Bertz CT molecular complexity index is 620. The number of hydrogen-bond donors (Lipinski definition) is 1. The maximum Gasteiger partial charge on any atom is 0.217 e. The zero-order valence-electron chi connectivity index (χ0n) is 8.47. The maximum absolute atomic E-state index is 5.08. The summed E-state index contributed by atoms with van der Waals surface area (Å²) in [6.07, 6.45) is 0. The molecule has 0 amide bonds. The monoisotopic (exact) mass is 248 g/mol. The van der Waals surface area contributed by atoms with Gasteiger partial charge in [-0.15, -0.1) is 0 Å². The van der Waals surface area contributed by atoms with Gasteiger partial charge in [-0.25, -0.2) is 4.68 Å². The summed E-state index contributed by atoms with van der Waals surface area (Å²) in [5.41, 5.74) is 1.05. The Morgan fingerprint density at radius 1 is 1.38 bits per heavy atom. The first-order valence-electron chi connectivity index (χ1n) is 4.73. The number of nitrogens with one attached hydrogen (secondary N) is 1. The predicted octanol–water partition coefficient (Wildman–Crippen LogP) is 2.75. The molecule has 0 aliphatic carbocycles. The fraction of sp³-hybridized carbons (Fsp3) is 0.100. The lowest BCUT2D eigenvalue weighted by Crippen LogP contribution is -2.10. The molecule has 0 saturated heterocycles. The largest absolute Gasteiger partial charge is 0.337 e. The first-order chi connectivity index (χ1) is 7.74. The van der Waals surface area contributed by atoms with E-state index in [1.807, 2.05) is 18.2 Å². The fourth-order valence-corrected chi connectivity index (χ4v) is 2.56. The van der Waals surface area contributed by atoms with E-state index < -0.39 is 0 Å². The summed E-state index contributed by atoms with van der Waals surface area (Å²) in [6, 6.07) is 8.07. The molecule has 0 fully saturated rings. The molecule has 16 heavy (non-hydrogen) atoms. The third kappa shape index (κ3) is 1.50.